The van der Waals surface area contributed by atoms with Crippen molar-refractivity contribution in [1.29, 1.82) is 0 Å². The van der Waals surface area contributed by atoms with E-state index in [-0.39, 0.29) is 0 Å². The van der Waals surface area contributed by atoms with Crippen LogP contribution in [-0.4, -0.2) is 30.1 Å². The van der Waals surface area contributed by atoms with Gasteiger partial charge in [-0.15, -0.1) is 0 Å². The van der Waals surface area contributed by atoms with Gasteiger partial charge in [0.25, 0.3) is 0 Å². The van der Waals surface area contributed by atoms with Gasteiger partial charge in [0, 0.05) is 31.7 Å². The van der Waals surface area contributed by atoms with E-state index in [0.717, 1.165) is 18.4 Å². The Morgan fingerprint density at radius 2 is 1.85 bits per heavy atom. The molecule has 0 aromatic heterocycles. The van der Waals surface area contributed by atoms with E-state index in [0.29, 0.717) is 5.54 Å². The molecule has 2 heterocycles. The Morgan fingerprint density at radius 1 is 1.05 bits per heavy atom. The number of nitrogens with zero attached hydrogens (tertiary/aromatic N) is 1. The molecule has 1 aliphatic carbocycles. The molecule has 0 bridgehead atoms. The Hall–Kier alpha value is -0.860. The predicted molar refractivity (Wildman–Crippen MR) is 82.5 cm³/mol. The summed E-state index contributed by atoms with van der Waals surface area (Å²) in [5.74, 6) is 1.81. The van der Waals surface area contributed by atoms with E-state index in [2.05, 4.69) is 40.5 Å². The molecule has 20 heavy (non-hydrogen) atoms. The molecule has 1 aromatic rings. The van der Waals surface area contributed by atoms with Gasteiger partial charge < -0.3 is 5.32 Å². The lowest BCUT2D eigenvalue weighted by Gasteiger charge is -2.39. The van der Waals surface area contributed by atoms with Crippen molar-refractivity contribution in [3.8, 4) is 0 Å². The van der Waals surface area contributed by atoms with Crippen molar-refractivity contribution >= 4 is 0 Å². The van der Waals surface area contributed by atoms with Gasteiger partial charge in [-0.25, -0.2) is 0 Å². The van der Waals surface area contributed by atoms with E-state index >= 15 is 0 Å². The predicted octanol–water partition coefficient (Wildman–Crippen LogP) is 3.04. The lowest BCUT2D eigenvalue weighted by molar-refractivity contribution is 0.177. The Bertz CT molecular complexity index is 444. The molecule has 2 saturated heterocycles. The maximum atomic E-state index is 3.93. The molecule has 1 spiro atoms. The van der Waals surface area contributed by atoms with E-state index in [1.165, 1.54) is 57.3 Å². The summed E-state index contributed by atoms with van der Waals surface area (Å²) >= 11 is 0. The zero-order valence-electron chi connectivity index (χ0n) is 12.4. The molecule has 3 fully saturated rings. The van der Waals surface area contributed by atoms with Crippen LogP contribution in [0.15, 0.2) is 30.3 Å². The van der Waals surface area contributed by atoms with Crippen molar-refractivity contribution in [3.05, 3.63) is 35.9 Å². The summed E-state index contributed by atoms with van der Waals surface area (Å²) in [5.41, 5.74) is 1.98. The van der Waals surface area contributed by atoms with Crippen molar-refractivity contribution in [2.75, 3.05) is 19.6 Å². The fourth-order valence-electron chi connectivity index (χ4n) is 4.96. The van der Waals surface area contributed by atoms with E-state index in [4.69, 9.17) is 0 Å². The molecular formula is C18H26N2. The molecule has 1 saturated carbocycles. The lowest BCUT2D eigenvalue weighted by atomic mass is 9.72. The first-order chi connectivity index (χ1) is 9.86. The van der Waals surface area contributed by atoms with Gasteiger partial charge in [-0.1, -0.05) is 49.6 Å². The van der Waals surface area contributed by atoms with Gasteiger partial charge in [-0.2, -0.15) is 0 Å². The van der Waals surface area contributed by atoms with E-state index < -0.39 is 0 Å². The number of hydrogen-bond acceptors (Lipinski definition) is 2. The highest BCUT2D eigenvalue weighted by Crippen LogP contribution is 2.45. The minimum Gasteiger partial charge on any atom is -0.311 e. The molecule has 108 valence electrons. The SMILES string of the molecule is c1ccc(CN2CC3CNC4(CCCCC4)C3C2)cc1. The van der Waals surface area contributed by atoms with Gasteiger partial charge in [-0.3, -0.25) is 4.90 Å². The van der Waals surface area contributed by atoms with Crippen molar-refractivity contribution in [2.45, 2.75) is 44.2 Å². The smallest absolute Gasteiger partial charge is 0.0233 e. The number of nitrogens with one attached hydrogen (secondary N) is 1. The summed E-state index contributed by atoms with van der Waals surface area (Å²) in [5, 5.41) is 3.93. The standard InChI is InChI=1S/C18H26N2/c1-3-7-15(8-4-1)12-20-13-16-11-19-18(17(16)14-20)9-5-2-6-10-18/h1,3-4,7-8,16-17,19H,2,5-6,9-14H2. The summed E-state index contributed by atoms with van der Waals surface area (Å²) in [4.78, 5) is 2.70. The van der Waals surface area contributed by atoms with Gasteiger partial charge in [0.05, 0.1) is 0 Å². The van der Waals surface area contributed by atoms with Crippen LogP contribution in [0, 0.1) is 11.8 Å². The number of rotatable bonds is 2. The minimum absolute atomic E-state index is 0.508. The highest BCUT2D eigenvalue weighted by Gasteiger charge is 2.51. The van der Waals surface area contributed by atoms with Crippen LogP contribution in [0.1, 0.15) is 37.7 Å². The molecule has 1 N–H and O–H groups in total. The molecule has 3 aliphatic rings. The first-order valence-corrected chi connectivity index (χ1v) is 8.37. The summed E-state index contributed by atoms with van der Waals surface area (Å²) in [7, 11) is 0. The molecule has 2 unspecified atom stereocenters. The highest BCUT2D eigenvalue weighted by atomic mass is 15.2. The normalized spacial score (nSPS) is 32.6. The summed E-state index contributed by atoms with van der Waals surface area (Å²) < 4.78 is 0. The van der Waals surface area contributed by atoms with Crippen LogP contribution in [0.4, 0.5) is 0 Å². The Labute approximate surface area is 122 Å². The first kappa shape index (κ1) is 12.8. The number of benzene rings is 1. The van der Waals surface area contributed by atoms with Gasteiger partial charge >= 0.3 is 0 Å². The van der Waals surface area contributed by atoms with Crippen molar-refractivity contribution < 1.29 is 0 Å². The average molecular weight is 270 g/mol. The van der Waals surface area contributed by atoms with Crippen LogP contribution in [0.2, 0.25) is 0 Å². The van der Waals surface area contributed by atoms with Crippen LogP contribution in [0.3, 0.4) is 0 Å². The summed E-state index contributed by atoms with van der Waals surface area (Å²) in [6.45, 7) is 5.01. The monoisotopic (exact) mass is 270 g/mol. The zero-order chi connectivity index (χ0) is 13.4. The molecule has 0 radical (unpaired) electrons. The Morgan fingerprint density at radius 3 is 2.65 bits per heavy atom. The zero-order valence-corrected chi connectivity index (χ0v) is 12.4. The van der Waals surface area contributed by atoms with E-state index in [1.807, 2.05) is 0 Å². The van der Waals surface area contributed by atoms with Gasteiger partial charge in [0.2, 0.25) is 0 Å². The lowest BCUT2D eigenvalue weighted by Crippen LogP contribution is -2.48. The third-order valence-electron chi connectivity index (χ3n) is 5.94. The molecule has 2 aliphatic heterocycles. The summed E-state index contributed by atoms with van der Waals surface area (Å²) in [6.07, 6.45) is 7.18. The molecule has 1 aromatic carbocycles. The molecular weight excluding hydrogens is 244 g/mol. The third-order valence-corrected chi connectivity index (χ3v) is 5.94. The minimum atomic E-state index is 0.508. The maximum Gasteiger partial charge on any atom is 0.0233 e. The van der Waals surface area contributed by atoms with E-state index in [1.54, 1.807) is 0 Å². The van der Waals surface area contributed by atoms with Gasteiger partial charge in [-0.05, 0) is 30.2 Å². The average Bonchev–Trinajstić information content (AvgIpc) is 3.03. The molecule has 2 heteroatoms. The van der Waals surface area contributed by atoms with Crippen molar-refractivity contribution in [3.63, 3.8) is 0 Å². The summed E-state index contributed by atoms with van der Waals surface area (Å²) in [6, 6.07) is 11.0. The Kier molecular flexibility index (Phi) is 3.31. The van der Waals surface area contributed by atoms with Crippen LogP contribution in [0.5, 0.6) is 0 Å². The molecule has 2 nitrogen and oxygen atoms in total. The largest absolute Gasteiger partial charge is 0.311 e. The second kappa shape index (κ2) is 5.16. The molecule has 2 atom stereocenters. The number of likely N-dealkylation sites (tertiary alicyclic amines) is 1. The van der Waals surface area contributed by atoms with Crippen LogP contribution >= 0.6 is 0 Å². The highest BCUT2D eigenvalue weighted by molar-refractivity contribution is 5.16. The topological polar surface area (TPSA) is 15.3 Å². The van der Waals surface area contributed by atoms with E-state index in [9.17, 15) is 0 Å². The van der Waals surface area contributed by atoms with Crippen molar-refractivity contribution in [2.24, 2.45) is 11.8 Å². The quantitative estimate of drug-likeness (QED) is 0.888. The second-order valence-electron chi connectivity index (χ2n) is 7.14. The number of fused-ring (bicyclic) bond motifs is 2. The van der Waals surface area contributed by atoms with Crippen LogP contribution < -0.4 is 5.32 Å². The van der Waals surface area contributed by atoms with Crippen LogP contribution in [-0.2, 0) is 6.54 Å². The van der Waals surface area contributed by atoms with Gasteiger partial charge in [0.15, 0.2) is 0 Å². The van der Waals surface area contributed by atoms with Gasteiger partial charge in [0.1, 0.15) is 0 Å². The molecule has 0 amide bonds. The fraction of sp³-hybridized carbons (Fsp3) is 0.667. The number of hydrogen-bond donors (Lipinski definition) is 1. The third kappa shape index (κ3) is 2.19. The fourth-order valence-corrected chi connectivity index (χ4v) is 4.96. The second-order valence-corrected chi connectivity index (χ2v) is 7.14. The van der Waals surface area contributed by atoms with Crippen LogP contribution in [0.25, 0.3) is 0 Å². The first-order valence-electron chi connectivity index (χ1n) is 8.37. The maximum absolute atomic E-state index is 3.93. The van der Waals surface area contributed by atoms with Crippen molar-refractivity contribution in [1.82, 2.24) is 10.2 Å². The Balaban J connectivity index is 1.45. The molecule has 4 rings (SSSR count).